The predicted octanol–water partition coefficient (Wildman–Crippen LogP) is 4.30. The van der Waals surface area contributed by atoms with Gasteiger partial charge >= 0.3 is 0 Å². The van der Waals surface area contributed by atoms with E-state index in [9.17, 15) is 4.79 Å². The number of hydrogen-bond donors (Lipinski definition) is 2. The quantitative estimate of drug-likeness (QED) is 0.495. The zero-order valence-corrected chi connectivity index (χ0v) is 14.8. The number of fused-ring (bicyclic) bond motifs is 2. The van der Waals surface area contributed by atoms with Crippen molar-refractivity contribution in [1.29, 1.82) is 0 Å². The van der Waals surface area contributed by atoms with Crippen LogP contribution < -0.4 is 5.32 Å². The SMILES string of the molecule is O=C(NCc1ccco1)c1cnc2[nH]nc(-c3ccc4ccccc4c3)c2c1. The van der Waals surface area contributed by atoms with Crippen molar-refractivity contribution in [3.63, 3.8) is 0 Å². The van der Waals surface area contributed by atoms with Crippen molar-refractivity contribution < 1.29 is 9.21 Å². The summed E-state index contributed by atoms with van der Waals surface area (Å²) in [6.07, 6.45) is 3.12. The first-order chi connectivity index (χ1) is 13.8. The largest absolute Gasteiger partial charge is 0.467 e. The Morgan fingerprint density at radius 2 is 1.93 bits per heavy atom. The first-order valence-electron chi connectivity index (χ1n) is 8.92. The number of rotatable bonds is 4. The summed E-state index contributed by atoms with van der Waals surface area (Å²) in [5, 5.41) is 13.3. The number of aromatic nitrogens is 3. The lowest BCUT2D eigenvalue weighted by molar-refractivity contribution is 0.0948. The predicted molar refractivity (Wildman–Crippen MR) is 107 cm³/mol. The fraction of sp³-hybridized carbons (Fsp3) is 0.0455. The molecule has 0 unspecified atom stereocenters. The molecule has 1 amide bonds. The molecule has 0 atom stereocenters. The standard InChI is InChI=1S/C22H16N4O2/c27-22(24-13-18-6-3-9-28-18)17-11-19-20(25-26-21(19)23-12-17)16-8-7-14-4-1-2-5-15(14)10-16/h1-12H,13H2,(H,24,27)(H,23,25,26). The molecular weight excluding hydrogens is 352 g/mol. The average molecular weight is 368 g/mol. The molecule has 5 aromatic rings. The Hall–Kier alpha value is -3.93. The van der Waals surface area contributed by atoms with Crippen LogP contribution in [0, 0.1) is 0 Å². The molecule has 28 heavy (non-hydrogen) atoms. The topological polar surface area (TPSA) is 83.8 Å². The maximum absolute atomic E-state index is 12.5. The van der Waals surface area contributed by atoms with Crippen LogP contribution in [0.15, 0.2) is 77.5 Å². The van der Waals surface area contributed by atoms with Crippen LogP contribution in [0.4, 0.5) is 0 Å². The molecule has 0 aliphatic rings. The highest BCUT2D eigenvalue weighted by Gasteiger charge is 2.14. The van der Waals surface area contributed by atoms with Gasteiger partial charge in [-0.2, -0.15) is 5.10 Å². The van der Waals surface area contributed by atoms with E-state index in [1.54, 1.807) is 18.5 Å². The van der Waals surface area contributed by atoms with Crippen LogP contribution in [0.5, 0.6) is 0 Å². The summed E-state index contributed by atoms with van der Waals surface area (Å²) in [5.41, 5.74) is 2.86. The molecule has 0 saturated heterocycles. The van der Waals surface area contributed by atoms with E-state index in [1.807, 2.05) is 30.3 Å². The van der Waals surface area contributed by atoms with Crippen molar-refractivity contribution in [3.05, 3.63) is 84.4 Å². The Labute approximate surface area is 160 Å². The molecule has 0 fully saturated rings. The number of nitrogens with one attached hydrogen (secondary N) is 2. The van der Waals surface area contributed by atoms with Crippen molar-refractivity contribution in [3.8, 4) is 11.3 Å². The van der Waals surface area contributed by atoms with Crippen LogP contribution in [0.3, 0.4) is 0 Å². The minimum atomic E-state index is -0.212. The number of nitrogens with zero attached hydrogens (tertiary/aromatic N) is 2. The Kier molecular flexibility index (Phi) is 3.87. The van der Waals surface area contributed by atoms with Crippen LogP contribution in [-0.4, -0.2) is 21.1 Å². The first-order valence-corrected chi connectivity index (χ1v) is 8.92. The number of aromatic amines is 1. The van der Waals surface area contributed by atoms with Gasteiger partial charge in [-0.05, 0) is 35.0 Å². The summed E-state index contributed by atoms with van der Waals surface area (Å²) in [5.74, 6) is 0.485. The van der Waals surface area contributed by atoms with Gasteiger partial charge in [-0.25, -0.2) is 4.98 Å². The Morgan fingerprint density at radius 1 is 1.04 bits per heavy atom. The van der Waals surface area contributed by atoms with Gasteiger partial charge in [-0.15, -0.1) is 0 Å². The molecule has 0 bridgehead atoms. The molecular formula is C22H16N4O2. The van der Waals surface area contributed by atoms with Crippen molar-refractivity contribution >= 4 is 27.7 Å². The smallest absolute Gasteiger partial charge is 0.253 e. The second kappa shape index (κ2) is 6.66. The zero-order valence-electron chi connectivity index (χ0n) is 14.8. The normalized spacial score (nSPS) is 11.1. The molecule has 136 valence electrons. The molecule has 0 saturated carbocycles. The first kappa shape index (κ1) is 16.3. The van der Waals surface area contributed by atoms with Crippen molar-refractivity contribution in [1.82, 2.24) is 20.5 Å². The maximum Gasteiger partial charge on any atom is 0.253 e. The van der Waals surface area contributed by atoms with Gasteiger partial charge in [0.15, 0.2) is 5.65 Å². The Morgan fingerprint density at radius 3 is 2.79 bits per heavy atom. The molecule has 3 heterocycles. The Balaban J connectivity index is 1.49. The number of carbonyl (C=O) groups excluding carboxylic acids is 1. The summed E-state index contributed by atoms with van der Waals surface area (Å²) in [7, 11) is 0. The van der Waals surface area contributed by atoms with E-state index >= 15 is 0 Å². The lowest BCUT2D eigenvalue weighted by Crippen LogP contribution is -2.22. The van der Waals surface area contributed by atoms with E-state index in [2.05, 4.69) is 44.8 Å². The van der Waals surface area contributed by atoms with Gasteiger partial charge in [0.25, 0.3) is 5.91 Å². The molecule has 6 nitrogen and oxygen atoms in total. The third-order valence-corrected chi connectivity index (χ3v) is 4.70. The number of H-pyrrole nitrogens is 1. The summed E-state index contributed by atoms with van der Waals surface area (Å²) in [4.78, 5) is 16.9. The van der Waals surface area contributed by atoms with Gasteiger partial charge in [-0.1, -0.05) is 36.4 Å². The second-order valence-electron chi connectivity index (χ2n) is 6.52. The third kappa shape index (κ3) is 2.91. The number of amides is 1. The summed E-state index contributed by atoms with van der Waals surface area (Å²) in [6.45, 7) is 0.326. The third-order valence-electron chi connectivity index (χ3n) is 4.70. The number of pyridine rings is 1. The van der Waals surface area contributed by atoms with E-state index in [-0.39, 0.29) is 5.91 Å². The minimum absolute atomic E-state index is 0.212. The van der Waals surface area contributed by atoms with E-state index in [4.69, 9.17) is 4.42 Å². The number of hydrogen-bond acceptors (Lipinski definition) is 4. The monoisotopic (exact) mass is 368 g/mol. The van der Waals surface area contributed by atoms with E-state index in [0.717, 1.165) is 22.0 Å². The highest BCUT2D eigenvalue weighted by atomic mass is 16.3. The molecule has 2 N–H and O–H groups in total. The zero-order chi connectivity index (χ0) is 18.9. The number of carbonyl (C=O) groups is 1. The minimum Gasteiger partial charge on any atom is -0.467 e. The maximum atomic E-state index is 12.5. The van der Waals surface area contributed by atoms with Gasteiger partial charge in [-0.3, -0.25) is 9.89 Å². The number of benzene rings is 2. The van der Waals surface area contributed by atoms with Gasteiger partial charge in [0, 0.05) is 17.1 Å². The molecule has 6 heteroatoms. The van der Waals surface area contributed by atoms with E-state index in [1.165, 1.54) is 5.39 Å². The van der Waals surface area contributed by atoms with Gasteiger partial charge in [0.1, 0.15) is 11.5 Å². The molecule has 0 aliphatic carbocycles. The second-order valence-corrected chi connectivity index (χ2v) is 6.52. The Bertz CT molecular complexity index is 1290. The van der Waals surface area contributed by atoms with Crippen LogP contribution in [0.2, 0.25) is 0 Å². The molecule has 0 aliphatic heterocycles. The van der Waals surface area contributed by atoms with Gasteiger partial charge in [0.05, 0.1) is 18.4 Å². The number of furan rings is 1. The van der Waals surface area contributed by atoms with Crippen LogP contribution in [-0.2, 0) is 6.54 Å². The highest BCUT2D eigenvalue weighted by Crippen LogP contribution is 2.28. The van der Waals surface area contributed by atoms with Gasteiger partial charge < -0.3 is 9.73 Å². The fourth-order valence-corrected chi connectivity index (χ4v) is 3.27. The van der Waals surface area contributed by atoms with Crippen molar-refractivity contribution in [2.24, 2.45) is 0 Å². The van der Waals surface area contributed by atoms with E-state index in [0.29, 0.717) is 23.5 Å². The fourth-order valence-electron chi connectivity index (χ4n) is 3.27. The van der Waals surface area contributed by atoms with Crippen LogP contribution in [0.1, 0.15) is 16.1 Å². The lowest BCUT2D eigenvalue weighted by atomic mass is 10.0. The van der Waals surface area contributed by atoms with Crippen molar-refractivity contribution in [2.45, 2.75) is 6.54 Å². The molecule has 2 aromatic carbocycles. The molecule has 0 radical (unpaired) electrons. The molecule has 5 rings (SSSR count). The van der Waals surface area contributed by atoms with Crippen LogP contribution in [0.25, 0.3) is 33.1 Å². The molecule has 3 aromatic heterocycles. The van der Waals surface area contributed by atoms with E-state index < -0.39 is 0 Å². The summed E-state index contributed by atoms with van der Waals surface area (Å²) in [6, 6.07) is 19.8. The average Bonchev–Trinajstić information content (AvgIpc) is 3.41. The lowest BCUT2D eigenvalue weighted by Gasteiger charge is -2.04. The summed E-state index contributed by atoms with van der Waals surface area (Å²) < 4.78 is 5.24. The molecule has 0 spiro atoms. The summed E-state index contributed by atoms with van der Waals surface area (Å²) >= 11 is 0. The highest BCUT2D eigenvalue weighted by molar-refractivity contribution is 6.00. The van der Waals surface area contributed by atoms with Gasteiger partial charge in [0.2, 0.25) is 0 Å². The van der Waals surface area contributed by atoms with Crippen LogP contribution >= 0.6 is 0 Å². The van der Waals surface area contributed by atoms with Crippen molar-refractivity contribution in [2.75, 3.05) is 0 Å².